The number of aryl methyl sites for hydroxylation is 1. The molecule has 0 bridgehead atoms. The van der Waals surface area contributed by atoms with Crippen LogP contribution in [-0.2, 0) is 0 Å². The van der Waals surface area contributed by atoms with E-state index in [1.54, 1.807) is 0 Å². The zero-order chi connectivity index (χ0) is 18.4. The number of benzene rings is 1. The summed E-state index contributed by atoms with van der Waals surface area (Å²) in [4.78, 5) is 9.23. The van der Waals surface area contributed by atoms with Gasteiger partial charge in [0.1, 0.15) is 5.58 Å². The van der Waals surface area contributed by atoms with Crippen LogP contribution in [0.2, 0.25) is 0 Å². The normalized spacial score (nSPS) is 17.5. The van der Waals surface area contributed by atoms with E-state index in [2.05, 4.69) is 23.2 Å². The third-order valence-corrected chi connectivity index (χ3v) is 5.41. The van der Waals surface area contributed by atoms with Crippen molar-refractivity contribution in [2.24, 2.45) is 0 Å². The quantitative estimate of drug-likeness (QED) is 0.423. The summed E-state index contributed by atoms with van der Waals surface area (Å²) in [7, 11) is 0. The number of hydrogen-bond acceptors (Lipinski definition) is 3. The van der Waals surface area contributed by atoms with Crippen molar-refractivity contribution in [3.8, 4) is 11.3 Å². The fourth-order valence-electron chi connectivity index (χ4n) is 4.00. The van der Waals surface area contributed by atoms with E-state index in [9.17, 15) is 0 Å². The van der Waals surface area contributed by atoms with Crippen LogP contribution in [0.3, 0.4) is 0 Å². The molecule has 0 amide bonds. The first kappa shape index (κ1) is 14.5. The van der Waals surface area contributed by atoms with E-state index in [1.165, 1.54) is 6.42 Å². The summed E-state index contributed by atoms with van der Waals surface area (Å²) < 4.78 is 14.9. The van der Waals surface area contributed by atoms with Crippen molar-refractivity contribution in [1.29, 1.82) is 0 Å². The third kappa shape index (κ3) is 2.59. The molecule has 4 aromatic rings. The molecule has 1 aliphatic carbocycles. The number of nitrogens with zero attached hydrogens (tertiary/aromatic N) is 2. The average Bonchev–Trinajstić information content (AvgIpc) is 3.06. The van der Waals surface area contributed by atoms with Crippen LogP contribution in [0.15, 0.2) is 53.1 Å². The van der Waals surface area contributed by atoms with Crippen molar-refractivity contribution >= 4 is 22.1 Å². The Kier molecular flexibility index (Phi) is 3.48. The Morgan fingerprint density at radius 2 is 1.88 bits per heavy atom. The number of aromatic nitrogens is 2. The molecule has 26 heavy (non-hydrogen) atoms. The molecule has 0 radical (unpaired) electrons. The van der Waals surface area contributed by atoms with Crippen LogP contribution in [0.25, 0.3) is 33.3 Å². The highest BCUT2D eigenvalue weighted by Crippen LogP contribution is 2.36. The van der Waals surface area contributed by atoms with Gasteiger partial charge < -0.3 is 4.42 Å². The van der Waals surface area contributed by atoms with Crippen LogP contribution in [0.5, 0.6) is 0 Å². The van der Waals surface area contributed by atoms with Crippen LogP contribution in [0.1, 0.15) is 50.6 Å². The topological polar surface area (TPSA) is 38.9 Å². The molecule has 3 aromatic heterocycles. The summed E-state index contributed by atoms with van der Waals surface area (Å²) in [6.07, 6.45) is 7.26. The van der Waals surface area contributed by atoms with Gasteiger partial charge in [0.05, 0.1) is 5.69 Å². The van der Waals surface area contributed by atoms with Crippen LogP contribution < -0.4 is 0 Å². The van der Waals surface area contributed by atoms with Gasteiger partial charge in [-0.15, -0.1) is 0 Å². The van der Waals surface area contributed by atoms with Crippen LogP contribution in [0.4, 0.5) is 0 Å². The lowest BCUT2D eigenvalue weighted by Crippen LogP contribution is -2.04. The largest absolute Gasteiger partial charge is 0.437 e. The molecule has 3 nitrogen and oxygen atoms in total. The molecule has 0 saturated heterocycles. The minimum absolute atomic E-state index is 0.476. The Hall–Kier alpha value is -2.68. The van der Waals surface area contributed by atoms with E-state index in [-0.39, 0.29) is 0 Å². The summed E-state index contributed by atoms with van der Waals surface area (Å²) in [5, 5.41) is 2.09. The summed E-state index contributed by atoms with van der Waals surface area (Å²) in [5.74, 6) is -0.476. The van der Waals surface area contributed by atoms with Crippen molar-refractivity contribution in [2.45, 2.75) is 44.9 Å². The highest BCUT2D eigenvalue weighted by molar-refractivity contribution is 6.08. The summed E-state index contributed by atoms with van der Waals surface area (Å²) >= 11 is 0. The first-order valence-electron chi connectivity index (χ1n) is 9.90. The highest BCUT2D eigenvalue weighted by atomic mass is 16.3. The molecule has 0 atom stereocenters. The molecule has 1 saturated carbocycles. The molecule has 0 unspecified atom stereocenters. The van der Waals surface area contributed by atoms with E-state index in [4.69, 9.17) is 10.8 Å². The zero-order valence-corrected chi connectivity index (χ0v) is 15.0. The van der Waals surface area contributed by atoms with E-state index < -0.39 is 5.89 Å². The Morgan fingerprint density at radius 3 is 2.69 bits per heavy atom. The second-order valence-electron chi connectivity index (χ2n) is 7.19. The van der Waals surface area contributed by atoms with Gasteiger partial charge in [-0.05, 0) is 55.5 Å². The highest BCUT2D eigenvalue weighted by Gasteiger charge is 2.17. The third-order valence-electron chi connectivity index (χ3n) is 5.41. The zero-order valence-electron chi connectivity index (χ0n) is 16.0. The average molecular weight is 343 g/mol. The lowest BCUT2D eigenvalue weighted by atomic mass is 9.85. The molecule has 1 fully saturated rings. The fourth-order valence-corrected chi connectivity index (χ4v) is 4.00. The monoisotopic (exact) mass is 343 g/mol. The fraction of sp³-hybridized carbons (Fsp3) is 0.304. The molecule has 3 heterocycles. The number of para-hydroxylation sites is 1. The smallest absolute Gasteiger partial charge is 0.227 e. The van der Waals surface area contributed by atoms with Gasteiger partial charge in [-0.25, -0.2) is 4.98 Å². The van der Waals surface area contributed by atoms with Gasteiger partial charge in [0, 0.05) is 29.6 Å². The predicted octanol–water partition coefficient (Wildman–Crippen LogP) is 6.40. The Labute approximate surface area is 154 Å². The van der Waals surface area contributed by atoms with Crippen molar-refractivity contribution in [1.82, 2.24) is 9.97 Å². The maximum atomic E-state index is 8.79. The first-order chi connectivity index (χ1) is 13.1. The Bertz CT molecular complexity index is 1120. The van der Waals surface area contributed by atoms with Crippen molar-refractivity contribution in [3.63, 3.8) is 0 Å². The second kappa shape index (κ2) is 6.24. The SMILES string of the molecule is [2H]C1(c2ccc(-c3cccc4c3oc3nc(C)ccc34)nc2)CCCCC1. The summed E-state index contributed by atoms with van der Waals surface area (Å²) in [5.41, 5.74) is 5.31. The van der Waals surface area contributed by atoms with Crippen molar-refractivity contribution in [2.75, 3.05) is 0 Å². The van der Waals surface area contributed by atoms with Crippen LogP contribution in [0, 0.1) is 6.92 Å². The number of furan rings is 1. The molecular weight excluding hydrogens is 320 g/mol. The van der Waals surface area contributed by atoms with Gasteiger partial charge in [0.25, 0.3) is 0 Å². The van der Waals surface area contributed by atoms with Crippen LogP contribution in [-0.4, -0.2) is 9.97 Å². The first-order valence-corrected chi connectivity index (χ1v) is 9.40. The van der Waals surface area contributed by atoms with Gasteiger partial charge in [0.15, 0.2) is 0 Å². The maximum absolute atomic E-state index is 8.79. The number of hydrogen-bond donors (Lipinski definition) is 0. The lowest BCUT2D eigenvalue weighted by Gasteiger charge is -2.21. The number of fused-ring (bicyclic) bond motifs is 3. The van der Waals surface area contributed by atoms with Gasteiger partial charge >= 0.3 is 0 Å². The summed E-state index contributed by atoms with van der Waals surface area (Å²) in [6, 6.07) is 14.3. The molecule has 0 aliphatic heterocycles. The van der Waals surface area contributed by atoms with Crippen molar-refractivity contribution in [3.05, 3.63) is 59.9 Å². The van der Waals surface area contributed by atoms with Gasteiger partial charge in [-0.2, -0.15) is 0 Å². The predicted molar refractivity (Wildman–Crippen MR) is 105 cm³/mol. The minimum atomic E-state index is -0.476. The van der Waals surface area contributed by atoms with Crippen LogP contribution >= 0.6 is 0 Å². The summed E-state index contributed by atoms with van der Waals surface area (Å²) in [6.45, 7) is 1.97. The molecule has 1 aromatic carbocycles. The van der Waals surface area contributed by atoms with Gasteiger partial charge in [-0.3, -0.25) is 4.98 Å². The second-order valence-corrected chi connectivity index (χ2v) is 7.19. The van der Waals surface area contributed by atoms with Crippen molar-refractivity contribution < 1.29 is 5.79 Å². The van der Waals surface area contributed by atoms with Gasteiger partial charge in [0.2, 0.25) is 5.71 Å². The molecule has 0 spiro atoms. The molecule has 3 heteroatoms. The molecule has 0 N–H and O–H groups in total. The molecular formula is C23H22N2O. The molecule has 5 rings (SSSR count). The van der Waals surface area contributed by atoms with Gasteiger partial charge in [-0.1, -0.05) is 37.5 Å². The van der Waals surface area contributed by atoms with E-state index in [0.717, 1.165) is 64.6 Å². The maximum Gasteiger partial charge on any atom is 0.227 e. The Balaban J connectivity index is 1.60. The number of rotatable bonds is 2. The van der Waals surface area contributed by atoms with E-state index in [1.807, 2.05) is 37.4 Å². The lowest BCUT2D eigenvalue weighted by molar-refractivity contribution is 0.443. The molecule has 1 aliphatic rings. The standard InChI is InChI=1S/C23H22N2O/c1-15-10-12-19-18-8-5-9-20(22(18)26-23(19)25-15)21-13-11-17(14-24-21)16-6-3-2-4-7-16/h5,8-14,16H,2-4,6-7H2,1H3/i16D. The van der Waals surface area contributed by atoms with E-state index >= 15 is 0 Å². The minimum Gasteiger partial charge on any atom is -0.437 e. The molecule has 130 valence electrons. The Morgan fingerprint density at radius 1 is 1.00 bits per heavy atom. The van der Waals surface area contributed by atoms with E-state index in [0.29, 0.717) is 5.71 Å². The number of pyridine rings is 2.